The lowest BCUT2D eigenvalue weighted by molar-refractivity contribution is -0.138. The number of carbonyl (C=O) groups is 2. The van der Waals surface area contributed by atoms with Crippen LogP contribution in [0.5, 0.6) is 0 Å². The zero-order valence-corrected chi connectivity index (χ0v) is 14.9. The van der Waals surface area contributed by atoms with Gasteiger partial charge in [0.15, 0.2) is 0 Å². The number of aromatic amines is 1. The van der Waals surface area contributed by atoms with Crippen molar-refractivity contribution in [3.63, 3.8) is 0 Å². The number of benzene rings is 1. The highest BCUT2D eigenvalue weighted by Crippen LogP contribution is 2.19. The van der Waals surface area contributed by atoms with E-state index in [1.54, 1.807) is 36.7 Å². The molecule has 0 atom stereocenters. The van der Waals surface area contributed by atoms with Gasteiger partial charge in [-0.3, -0.25) is 19.4 Å². The van der Waals surface area contributed by atoms with Crippen molar-refractivity contribution in [3.8, 4) is 22.6 Å². The Balaban J connectivity index is 1.71. The van der Waals surface area contributed by atoms with E-state index >= 15 is 0 Å². The topological polar surface area (TPSA) is 125 Å². The number of amides is 1. The van der Waals surface area contributed by atoms with Crippen LogP contribution in [0.1, 0.15) is 18.4 Å². The van der Waals surface area contributed by atoms with Crippen LogP contribution < -0.4 is 10.9 Å². The smallest absolute Gasteiger partial charge is 0.303 e. The quantitative estimate of drug-likeness (QED) is 0.577. The molecule has 0 aliphatic rings. The maximum absolute atomic E-state index is 12.0. The number of carboxylic acid groups (broad SMARTS) is 1. The predicted molar refractivity (Wildman–Crippen MR) is 102 cm³/mol. The van der Waals surface area contributed by atoms with Crippen molar-refractivity contribution < 1.29 is 14.7 Å². The number of aliphatic carboxylic acids is 1. The Labute approximate surface area is 160 Å². The van der Waals surface area contributed by atoms with Crippen LogP contribution in [-0.2, 0) is 16.1 Å². The molecule has 1 amide bonds. The fourth-order valence-corrected chi connectivity index (χ4v) is 2.55. The average Bonchev–Trinajstić information content (AvgIpc) is 2.71. The SMILES string of the molecule is O=C(O)CCC(=O)NCc1ccc(-c2nc(-c3ccncc3)cc(=O)[nH]2)cc1. The standard InChI is InChI=1S/C20H18N4O4/c25-17(5-6-19(27)28)22-12-13-1-3-15(4-2-13)20-23-16(11-18(26)24-20)14-7-9-21-10-8-14/h1-4,7-11H,5-6,12H2,(H,22,25)(H,27,28)(H,23,24,26). The molecule has 1 aromatic carbocycles. The third kappa shape index (κ3) is 5.10. The van der Waals surface area contributed by atoms with Crippen LogP contribution >= 0.6 is 0 Å². The van der Waals surface area contributed by atoms with E-state index in [4.69, 9.17) is 5.11 Å². The largest absolute Gasteiger partial charge is 0.481 e. The van der Waals surface area contributed by atoms with Crippen LogP contribution in [-0.4, -0.2) is 31.9 Å². The minimum absolute atomic E-state index is 0.0552. The number of rotatable bonds is 7. The molecule has 0 spiro atoms. The Bertz CT molecular complexity index is 1030. The highest BCUT2D eigenvalue weighted by Gasteiger charge is 2.08. The molecule has 142 valence electrons. The molecule has 0 saturated carbocycles. The van der Waals surface area contributed by atoms with Crippen molar-refractivity contribution in [2.45, 2.75) is 19.4 Å². The molecular formula is C20H18N4O4. The van der Waals surface area contributed by atoms with Crippen LogP contribution in [0.3, 0.4) is 0 Å². The number of pyridine rings is 1. The van der Waals surface area contributed by atoms with Gasteiger partial charge in [0, 0.05) is 42.6 Å². The Morgan fingerprint density at radius 2 is 1.71 bits per heavy atom. The summed E-state index contributed by atoms with van der Waals surface area (Å²) in [5.41, 5.74) is 2.67. The van der Waals surface area contributed by atoms with Gasteiger partial charge in [0.25, 0.3) is 5.56 Å². The van der Waals surface area contributed by atoms with Gasteiger partial charge in [0.1, 0.15) is 5.82 Å². The summed E-state index contributed by atoms with van der Waals surface area (Å²) in [7, 11) is 0. The van der Waals surface area contributed by atoms with E-state index in [1.165, 1.54) is 6.07 Å². The molecular weight excluding hydrogens is 360 g/mol. The third-order valence-electron chi connectivity index (χ3n) is 4.00. The molecule has 28 heavy (non-hydrogen) atoms. The van der Waals surface area contributed by atoms with Crippen LogP contribution in [0.15, 0.2) is 59.7 Å². The first-order chi connectivity index (χ1) is 13.5. The van der Waals surface area contributed by atoms with Crippen LogP contribution in [0.4, 0.5) is 0 Å². The van der Waals surface area contributed by atoms with Gasteiger partial charge in [0.2, 0.25) is 5.91 Å². The zero-order chi connectivity index (χ0) is 19.9. The van der Waals surface area contributed by atoms with E-state index in [-0.39, 0.29) is 24.3 Å². The summed E-state index contributed by atoms with van der Waals surface area (Å²) >= 11 is 0. The molecule has 8 heteroatoms. The molecule has 0 fully saturated rings. The van der Waals surface area contributed by atoms with Gasteiger partial charge in [-0.05, 0) is 17.7 Å². The van der Waals surface area contributed by atoms with Crippen molar-refractivity contribution in [2.24, 2.45) is 0 Å². The van der Waals surface area contributed by atoms with Gasteiger partial charge in [-0.2, -0.15) is 0 Å². The van der Waals surface area contributed by atoms with E-state index < -0.39 is 5.97 Å². The lowest BCUT2D eigenvalue weighted by atomic mass is 10.1. The van der Waals surface area contributed by atoms with Crippen molar-refractivity contribution in [1.29, 1.82) is 0 Å². The van der Waals surface area contributed by atoms with E-state index in [0.29, 0.717) is 18.1 Å². The molecule has 3 aromatic rings. The monoisotopic (exact) mass is 378 g/mol. The number of aromatic nitrogens is 3. The molecule has 0 saturated heterocycles. The third-order valence-corrected chi connectivity index (χ3v) is 4.00. The van der Waals surface area contributed by atoms with Crippen LogP contribution in [0.2, 0.25) is 0 Å². The molecule has 2 heterocycles. The molecule has 8 nitrogen and oxygen atoms in total. The molecule has 0 radical (unpaired) electrons. The predicted octanol–water partition coefficient (Wildman–Crippen LogP) is 1.98. The zero-order valence-electron chi connectivity index (χ0n) is 14.9. The maximum atomic E-state index is 12.0. The summed E-state index contributed by atoms with van der Waals surface area (Å²) in [4.78, 5) is 45.3. The summed E-state index contributed by atoms with van der Waals surface area (Å²) in [5, 5.41) is 11.3. The van der Waals surface area contributed by atoms with Gasteiger partial charge in [-0.15, -0.1) is 0 Å². The average molecular weight is 378 g/mol. The van der Waals surface area contributed by atoms with Gasteiger partial charge in [0.05, 0.1) is 12.1 Å². The highest BCUT2D eigenvalue weighted by atomic mass is 16.4. The normalized spacial score (nSPS) is 10.4. The number of hydrogen-bond donors (Lipinski definition) is 3. The second-order valence-corrected chi connectivity index (χ2v) is 6.08. The number of carboxylic acids is 1. The minimum Gasteiger partial charge on any atom is -0.481 e. The molecule has 3 N–H and O–H groups in total. The lowest BCUT2D eigenvalue weighted by Crippen LogP contribution is -2.23. The summed E-state index contributed by atoms with van der Waals surface area (Å²) in [5.74, 6) is -0.881. The van der Waals surface area contributed by atoms with Crippen molar-refractivity contribution >= 4 is 11.9 Å². The fourth-order valence-electron chi connectivity index (χ4n) is 2.55. The summed E-state index contributed by atoms with van der Waals surface area (Å²) in [6.45, 7) is 0.291. The number of H-pyrrole nitrogens is 1. The minimum atomic E-state index is -1.00. The molecule has 0 bridgehead atoms. The van der Waals surface area contributed by atoms with Crippen LogP contribution in [0.25, 0.3) is 22.6 Å². The highest BCUT2D eigenvalue weighted by molar-refractivity contribution is 5.80. The molecule has 0 aliphatic heterocycles. The van der Waals surface area contributed by atoms with Crippen LogP contribution in [0, 0.1) is 0 Å². The molecule has 3 rings (SSSR count). The Hall–Kier alpha value is -3.81. The van der Waals surface area contributed by atoms with E-state index in [2.05, 4.69) is 20.3 Å². The number of carbonyl (C=O) groups excluding carboxylic acids is 1. The Morgan fingerprint density at radius 3 is 2.39 bits per heavy atom. The maximum Gasteiger partial charge on any atom is 0.303 e. The number of hydrogen-bond acceptors (Lipinski definition) is 5. The van der Waals surface area contributed by atoms with Crippen molar-refractivity contribution in [2.75, 3.05) is 0 Å². The molecule has 0 unspecified atom stereocenters. The molecule has 2 aromatic heterocycles. The number of nitrogens with zero attached hydrogens (tertiary/aromatic N) is 2. The summed E-state index contributed by atoms with van der Waals surface area (Å²) in [6.07, 6.45) is 3.02. The summed E-state index contributed by atoms with van der Waals surface area (Å²) < 4.78 is 0. The van der Waals surface area contributed by atoms with E-state index in [1.807, 2.05) is 12.1 Å². The van der Waals surface area contributed by atoms with Crippen molar-refractivity contribution in [3.05, 3.63) is 70.8 Å². The Kier molecular flexibility index (Phi) is 5.91. The fraction of sp³-hybridized carbons (Fsp3) is 0.150. The van der Waals surface area contributed by atoms with Gasteiger partial charge in [-0.25, -0.2) is 4.98 Å². The number of nitrogens with one attached hydrogen (secondary N) is 2. The molecule has 0 aliphatic carbocycles. The van der Waals surface area contributed by atoms with Gasteiger partial charge >= 0.3 is 5.97 Å². The van der Waals surface area contributed by atoms with Gasteiger partial charge in [-0.1, -0.05) is 24.3 Å². The van der Waals surface area contributed by atoms with E-state index in [0.717, 1.165) is 16.7 Å². The van der Waals surface area contributed by atoms with Gasteiger partial charge < -0.3 is 15.4 Å². The first kappa shape index (κ1) is 19.0. The first-order valence-electron chi connectivity index (χ1n) is 8.61. The van der Waals surface area contributed by atoms with Crippen molar-refractivity contribution in [1.82, 2.24) is 20.3 Å². The Morgan fingerprint density at radius 1 is 1.00 bits per heavy atom. The van der Waals surface area contributed by atoms with E-state index in [9.17, 15) is 14.4 Å². The lowest BCUT2D eigenvalue weighted by Gasteiger charge is -2.07. The second-order valence-electron chi connectivity index (χ2n) is 6.08. The first-order valence-corrected chi connectivity index (χ1v) is 8.61. The summed E-state index contributed by atoms with van der Waals surface area (Å²) in [6, 6.07) is 12.2. The second kappa shape index (κ2) is 8.72.